The summed E-state index contributed by atoms with van der Waals surface area (Å²) in [5, 5.41) is 19.6. The van der Waals surface area contributed by atoms with Gasteiger partial charge in [0.05, 0.1) is 25.5 Å². The van der Waals surface area contributed by atoms with Gasteiger partial charge in [0.25, 0.3) is 0 Å². The van der Waals surface area contributed by atoms with Crippen molar-refractivity contribution < 1.29 is 19.3 Å². The summed E-state index contributed by atoms with van der Waals surface area (Å²) in [7, 11) is 0. The first-order chi connectivity index (χ1) is 11.1. The Morgan fingerprint density at radius 1 is 1.26 bits per heavy atom. The molecule has 0 amide bonds. The molecule has 1 aromatic heterocycles. The largest absolute Gasteiger partial charge is 0.474 e. The van der Waals surface area contributed by atoms with Gasteiger partial charge in [-0.3, -0.25) is 4.98 Å². The molecule has 7 heteroatoms. The van der Waals surface area contributed by atoms with Crippen molar-refractivity contribution in [2.24, 2.45) is 0 Å². The maximum absolute atomic E-state index is 13.0. The summed E-state index contributed by atoms with van der Waals surface area (Å²) in [5.74, 6) is 0.596. The van der Waals surface area contributed by atoms with E-state index in [4.69, 9.17) is 9.84 Å². The van der Waals surface area contributed by atoms with Crippen LogP contribution in [0.5, 0.6) is 5.88 Å². The van der Waals surface area contributed by atoms with Gasteiger partial charge < -0.3 is 19.8 Å². The zero-order chi connectivity index (χ0) is 16.3. The number of β-amino-alcohol motifs (C(OH)–C–C–N with tert-alkyl or cyclic N) is 1. The number of halogens is 1. The Balaban J connectivity index is 1.75. The summed E-state index contributed by atoms with van der Waals surface area (Å²) < 4.78 is 18.3. The van der Waals surface area contributed by atoms with E-state index in [1.54, 1.807) is 18.3 Å². The average Bonchev–Trinajstić information content (AvgIpc) is 2.97. The van der Waals surface area contributed by atoms with Crippen LogP contribution in [0.2, 0.25) is 0 Å². The minimum atomic E-state index is -1.04. The van der Waals surface area contributed by atoms with Crippen LogP contribution >= 0.6 is 0 Å². The van der Waals surface area contributed by atoms with E-state index in [-0.39, 0.29) is 19.0 Å². The first-order valence-corrected chi connectivity index (χ1v) is 7.40. The first-order valence-electron chi connectivity index (χ1n) is 7.40. The van der Waals surface area contributed by atoms with Crippen molar-refractivity contribution >= 4 is 5.82 Å². The number of hydrogen-bond acceptors (Lipinski definition) is 6. The maximum atomic E-state index is 13.0. The molecule has 0 bridgehead atoms. The smallest absolute Gasteiger partial charge is 0.234 e. The van der Waals surface area contributed by atoms with Crippen molar-refractivity contribution in [3.8, 4) is 5.88 Å². The van der Waals surface area contributed by atoms with E-state index in [2.05, 4.69) is 9.97 Å². The molecule has 2 N–H and O–H groups in total. The lowest BCUT2D eigenvalue weighted by atomic mass is 9.93. The normalized spacial score (nSPS) is 20.7. The lowest BCUT2D eigenvalue weighted by molar-refractivity contribution is 0.0605. The van der Waals surface area contributed by atoms with E-state index in [1.807, 2.05) is 4.90 Å². The molecule has 122 valence electrons. The molecule has 1 fully saturated rings. The van der Waals surface area contributed by atoms with E-state index in [0.29, 0.717) is 36.8 Å². The molecule has 0 aliphatic carbocycles. The number of hydrogen-bond donors (Lipinski definition) is 2. The summed E-state index contributed by atoms with van der Waals surface area (Å²) in [6, 6.07) is 5.90. The number of nitrogens with zero attached hydrogens (tertiary/aromatic N) is 3. The lowest BCUT2D eigenvalue weighted by Crippen LogP contribution is -2.31. The van der Waals surface area contributed by atoms with Crippen LogP contribution in [0.1, 0.15) is 12.0 Å². The molecule has 1 aliphatic rings. The number of ether oxygens (including phenoxy) is 1. The first kappa shape index (κ1) is 15.6. The third-order valence-corrected chi connectivity index (χ3v) is 3.89. The van der Waals surface area contributed by atoms with E-state index >= 15 is 0 Å². The van der Waals surface area contributed by atoms with Gasteiger partial charge in [-0.2, -0.15) is 4.98 Å². The lowest BCUT2D eigenvalue weighted by Gasteiger charge is -2.24. The molecule has 1 atom stereocenters. The highest BCUT2D eigenvalue weighted by atomic mass is 19.1. The van der Waals surface area contributed by atoms with Crippen molar-refractivity contribution in [1.82, 2.24) is 9.97 Å². The second-order valence-corrected chi connectivity index (χ2v) is 5.50. The van der Waals surface area contributed by atoms with Crippen LogP contribution in [0, 0.1) is 5.82 Å². The van der Waals surface area contributed by atoms with Gasteiger partial charge in [0, 0.05) is 6.54 Å². The molecule has 23 heavy (non-hydrogen) atoms. The fourth-order valence-corrected chi connectivity index (χ4v) is 2.70. The van der Waals surface area contributed by atoms with Gasteiger partial charge in [-0.15, -0.1) is 0 Å². The Hall–Kier alpha value is -2.25. The van der Waals surface area contributed by atoms with Crippen molar-refractivity contribution in [1.29, 1.82) is 0 Å². The van der Waals surface area contributed by atoms with Gasteiger partial charge in [0.2, 0.25) is 5.88 Å². The second-order valence-electron chi connectivity index (χ2n) is 5.50. The highest BCUT2D eigenvalue weighted by Crippen LogP contribution is 2.34. The zero-order valence-electron chi connectivity index (χ0n) is 12.5. The Kier molecular flexibility index (Phi) is 4.40. The predicted octanol–water partition coefficient (Wildman–Crippen LogP) is 1.08. The molecule has 3 rings (SSSR count). The summed E-state index contributed by atoms with van der Waals surface area (Å²) in [4.78, 5) is 10.3. The minimum Gasteiger partial charge on any atom is -0.474 e. The standard InChI is InChI=1S/C16H18FN3O3/c17-13-3-1-12(2-4-13)16(22)5-6-20(11-16)14-9-18-10-15(19-14)23-8-7-21/h1-4,9-10,21-22H,5-8,11H2. The zero-order valence-corrected chi connectivity index (χ0v) is 12.5. The second kappa shape index (κ2) is 6.47. The van der Waals surface area contributed by atoms with Gasteiger partial charge >= 0.3 is 0 Å². The van der Waals surface area contributed by atoms with Crippen LogP contribution in [0.3, 0.4) is 0 Å². The quantitative estimate of drug-likeness (QED) is 0.859. The van der Waals surface area contributed by atoms with Gasteiger partial charge in [-0.1, -0.05) is 12.1 Å². The Morgan fingerprint density at radius 2 is 2.04 bits per heavy atom. The highest BCUT2D eigenvalue weighted by Gasteiger charge is 2.38. The third-order valence-electron chi connectivity index (χ3n) is 3.89. The summed E-state index contributed by atoms with van der Waals surface area (Å²) in [5.41, 5.74) is -0.362. The fourth-order valence-electron chi connectivity index (χ4n) is 2.70. The van der Waals surface area contributed by atoms with E-state index in [9.17, 15) is 9.50 Å². The van der Waals surface area contributed by atoms with Crippen molar-refractivity contribution in [2.75, 3.05) is 31.2 Å². The van der Waals surface area contributed by atoms with Crippen molar-refractivity contribution in [3.05, 3.63) is 48.0 Å². The summed E-state index contributed by atoms with van der Waals surface area (Å²) in [6.45, 7) is 1.00. The molecule has 1 aliphatic heterocycles. The van der Waals surface area contributed by atoms with E-state index in [0.717, 1.165) is 0 Å². The van der Waals surface area contributed by atoms with Crippen molar-refractivity contribution in [2.45, 2.75) is 12.0 Å². The number of benzene rings is 1. The average molecular weight is 319 g/mol. The number of aliphatic hydroxyl groups is 2. The minimum absolute atomic E-state index is 0.0973. The Morgan fingerprint density at radius 3 is 2.78 bits per heavy atom. The number of aliphatic hydroxyl groups excluding tert-OH is 1. The van der Waals surface area contributed by atoms with Crippen molar-refractivity contribution in [3.63, 3.8) is 0 Å². The van der Waals surface area contributed by atoms with Gasteiger partial charge in [0.1, 0.15) is 18.0 Å². The Labute approximate surface area is 133 Å². The fraction of sp³-hybridized carbons (Fsp3) is 0.375. The van der Waals surface area contributed by atoms with Gasteiger partial charge in [-0.25, -0.2) is 4.39 Å². The van der Waals surface area contributed by atoms with E-state index in [1.165, 1.54) is 18.3 Å². The topological polar surface area (TPSA) is 78.7 Å². The van der Waals surface area contributed by atoms with Crippen LogP contribution in [0.15, 0.2) is 36.7 Å². The van der Waals surface area contributed by atoms with Crippen LogP contribution in [0.4, 0.5) is 10.2 Å². The van der Waals surface area contributed by atoms with Gasteiger partial charge in [0.15, 0.2) is 5.82 Å². The molecule has 2 heterocycles. The molecule has 1 aromatic carbocycles. The molecule has 0 spiro atoms. The SMILES string of the molecule is OCCOc1cncc(N2CCC(O)(c3ccc(F)cc3)C2)n1. The predicted molar refractivity (Wildman–Crippen MR) is 81.7 cm³/mol. The highest BCUT2D eigenvalue weighted by molar-refractivity contribution is 5.42. The van der Waals surface area contributed by atoms with Crippen LogP contribution in [0.25, 0.3) is 0 Å². The molecular weight excluding hydrogens is 301 g/mol. The Bertz CT molecular complexity index is 668. The number of anilines is 1. The summed E-state index contributed by atoms with van der Waals surface area (Å²) >= 11 is 0. The van der Waals surface area contributed by atoms with Crippen LogP contribution < -0.4 is 9.64 Å². The summed E-state index contributed by atoms with van der Waals surface area (Å²) in [6.07, 6.45) is 3.59. The molecule has 2 aromatic rings. The number of aromatic nitrogens is 2. The molecule has 1 saturated heterocycles. The molecule has 0 saturated carbocycles. The monoisotopic (exact) mass is 319 g/mol. The van der Waals surface area contributed by atoms with Gasteiger partial charge in [-0.05, 0) is 24.1 Å². The van der Waals surface area contributed by atoms with Crippen LogP contribution in [-0.4, -0.2) is 46.5 Å². The number of rotatable bonds is 5. The molecule has 6 nitrogen and oxygen atoms in total. The molecular formula is C16H18FN3O3. The van der Waals surface area contributed by atoms with Crippen LogP contribution in [-0.2, 0) is 5.60 Å². The third kappa shape index (κ3) is 3.40. The molecule has 1 unspecified atom stereocenters. The van der Waals surface area contributed by atoms with E-state index < -0.39 is 5.60 Å². The molecule has 0 radical (unpaired) electrons. The maximum Gasteiger partial charge on any atom is 0.234 e.